The molecule has 0 aliphatic rings. The molecule has 0 aromatic heterocycles. The average Bonchev–Trinajstić information content (AvgIpc) is 2.43. The SMILES string of the molecule is CC(Oc1ccc(F)c(F)c1)C(=O)Nc1cccc(Cl)c1. The minimum atomic E-state index is -1.03. The molecule has 1 amide bonds. The highest BCUT2D eigenvalue weighted by atomic mass is 35.5. The number of nitrogens with one attached hydrogen (secondary N) is 1. The molecule has 0 fully saturated rings. The topological polar surface area (TPSA) is 38.3 Å². The number of hydrogen-bond acceptors (Lipinski definition) is 2. The molecule has 1 atom stereocenters. The van der Waals surface area contributed by atoms with Crippen molar-refractivity contribution in [1.82, 2.24) is 0 Å². The third kappa shape index (κ3) is 4.16. The van der Waals surface area contributed by atoms with Gasteiger partial charge in [0.1, 0.15) is 5.75 Å². The average molecular weight is 312 g/mol. The summed E-state index contributed by atoms with van der Waals surface area (Å²) in [5, 5.41) is 3.10. The Morgan fingerprint density at radius 3 is 2.62 bits per heavy atom. The van der Waals surface area contributed by atoms with Crippen LogP contribution in [0.3, 0.4) is 0 Å². The van der Waals surface area contributed by atoms with E-state index < -0.39 is 23.6 Å². The molecule has 6 heteroatoms. The molecule has 0 aliphatic heterocycles. The summed E-state index contributed by atoms with van der Waals surface area (Å²) in [7, 11) is 0. The van der Waals surface area contributed by atoms with Crippen LogP contribution < -0.4 is 10.1 Å². The fourth-order valence-corrected chi connectivity index (χ4v) is 1.81. The fraction of sp³-hybridized carbons (Fsp3) is 0.133. The normalized spacial score (nSPS) is 11.8. The highest BCUT2D eigenvalue weighted by molar-refractivity contribution is 6.30. The van der Waals surface area contributed by atoms with Crippen LogP contribution in [0.1, 0.15) is 6.92 Å². The van der Waals surface area contributed by atoms with Crippen molar-refractivity contribution in [3.8, 4) is 5.75 Å². The van der Waals surface area contributed by atoms with Gasteiger partial charge >= 0.3 is 0 Å². The Balaban J connectivity index is 2.00. The van der Waals surface area contributed by atoms with Crippen LogP contribution >= 0.6 is 11.6 Å². The number of hydrogen-bond donors (Lipinski definition) is 1. The van der Waals surface area contributed by atoms with Gasteiger partial charge in [0, 0.05) is 16.8 Å². The van der Waals surface area contributed by atoms with Gasteiger partial charge in [0.2, 0.25) is 0 Å². The summed E-state index contributed by atoms with van der Waals surface area (Å²) in [5.74, 6) is -2.36. The van der Waals surface area contributed by atoms with Crippen molar-refractivity contribution in [1.29, 1.82) is 0 Å². The number of rotatable bonds is 4. The van der Waals surface area contributed by atoms with Crippen molar-refractivity contribution in [2.24, 2.45) is 0 Å². The largest absolute Gasteiger partial charge is 0.481 e. The fourth-order valence-electron chi connectivity index (χ4n) is 1.62. The van der Waals surface area contributed by atoms with Gasteiger partial charge in [-0.05, 0) is 37.3 Å². The maximum absolute atomic E-state index is 13.1. The number of carbonyl (C=O) groups excluding carboxylic acids is 1. The first kappa shape index (κ1) is 15.3. The number of benzene rings is 2. The van der Waals surface area contributed by atoms with E-state index in [0.717, 1.165) is 12.1 Å². The zero-order valence-corrected chi connectivity index (χ0v) is 11.8. The third-order valence-electron chi connectivity index (χ3n) is 2.67. The molecule has 3 nitrogen and oxygen atoms in total. The van der Waals surface area contributed by atoms with Gasteiger partial charge < -0.3 is 10.1 Å². The molecule has 0 saturated heterocycles. The first-order valence-electron chi connectivity index (χ1n) is 6.14. The molecule has 0 spiro atoms. The van der Waals surface area contributed by atoms with Crippen LogP contribution in [0.5, 0.6) is 5.75 Å². The Hall–Kier alpha value is -2.14. The van der Waals surface area contributed by atoms with Crippen molar-refractivity contribution in [3.05, 3.63) is 59.1 Å². The number of ether oxygens (including phenoxy) is 1. The maximum atomic E-state index is 13.1. The Kier molecular flexibility index (Phi) is 4.75. The van der Waals surface area contributed by atoms with Crippen LogP contribution in [0, 0.1) is 11.6 Å². The summed E-state index contributed by atoms with van der Waals surface area (Å²) < 4.78 is 31.1. The zero-order valence-electron chi connectivity index (χ0n) is 11.1. The van der Waals surface area contributed by atoms with Crippen LogP contribution in [-0.4, -0.2) is 12.0 Å². The van der Waals surface area contributed by atoms with Crippen molar-refractivity contribution >= 4 is 23.2 Å². The van der Waals surface area contributed by atoms with Gasteiger partial charge in [-0.1, -0.05) is 17.7 Å². The number of anilines is 1. The molecule has 2 rings (SSSR count). The van der Waals surface area contributed by atoms with Gasteiger partial charge in [-0.25, -0.2) is 8.78 Å². The Bertz CT molecular complexity index is 664. The summed E-state index contributed by atoms with van der Waals surface area (Å²) >= 11 is 5.81. The minimum Gasteiger partial charge on any atom is -0.481 e. The lowest BCUT2D eigenvalue weighted by molar-refractivity contribution is -0.122. The maximum Gasteiger partial charge on any atom is 0.265 e. The molecule has 1 unspecified atom stereocenters. The smallest absolute Gasteiger partial charge is 0.265 e. The van der Waals surface area contributed by atoms with Crippen molar-refractivity contribution in [3.63, 3.8) is 0 Å². The van der Waals surface area contributed by atoms with E-state index in [1.165, 1.54) is 13.0 Å². The third-order valence-corrected chi connectivity index (χ3v) is 2.90. The van der Waals surface area contributed by atoms with Crippen LogP contribution in [0.15, 0.2) is 42.5 Å². The summed E-state index contributed by atoms with van der Waals surface area (Å²) in [6.45, 7) is 1.50. The van der Waals surface area contributed by atoms with Gasteiger partial charge in [-0.15, -0.1) is 0 Å². The Morgan fingerprint density at radius 2 is 1.95 bits per heavy atom. The second-order valence-corrected chi connectivity index (χ2v) is 4.77. The van der Waals surface area contributed by atoms with E-state index in [4.69, 9.17) is 16.3 Å². The van der Waals surface area contributed by atoms with Crippen molar-refractivity contribution in [2.45, 2.75) is 13.0 Å². The summed E-state index contributed by atoms with van der Waals surface area (Å²) in [6.07, 6.45) is -0.881. The van der Waals surface area contributed by atoms with Crippen LogP contribution in [0.25, 0.3) is 0 Å². The molecule has 21 heavy (non-hydrogen) atoms. The van der Waals surface area contributed by atoms with Gasteiger partial charge in [0.25, 0.3) is 5.91 Å². The highest BCUT2D eigenvalue weighted by Gasteiger charge is 2.16. The van der Waals surface area contributed by atoms with E-state index in [-0.39, 0.29) is 5.75 Å². The molecule has 0 aliphatic carbocycles. The zero-order chi connectivity index (χ0) is 15.4. The molecule has 2 aromatic carbocycles. The van der Waals surface area contributed by atoms with Crippen molar-refractivity contribution < 1.29 is 18.3 Å². The molecular formula is C15H12ClF2NO2. The number of halogens is 3. The van der Waals surface area contributed by atoms with Crippen LogP contribution in [0.2, 0.25) is 5.02 Å². The molecule has 1 N–H and O–H groups in total. The van der Waals surface area contributed by atoms with Crippen LogP contribution in [-0.2, 0) is 4.79 Å². The summed E-state index contributed by atoms with van der Waals surface area (Å²) in [5.41, 5.74) is 0.522. The lowest BCUT2D eigenvalue weighted by Gasteiger charge is -2.15. The predicted molar refractivity (Wildman–Crippen MR) is 76.5 cm³/mol. The molecule has 0 bridgehead atoms. The number of amides is 1. The van der Waals surface area contributed by atoms with E-state index >= 15 is 0 Å². The van der Waals surface area contributed by atoms with E-state index in [1.54, 1.807) is 24.3 Å². The first-order chi connectivity index (χ1) is 9.95. The predicted octanol–water partition coefficient (Wildman–Crippen LogP) is 4.02. The molecule has 0 radical (unpaired) electrons. The first-order valence-corrected chi connectivity index (χ1v) is 6.51. The number of carbonyl (C=O) groups is 1. The summed E-state index contributed by atoms with van der Waals surface area (Å²) in [4.78, 5) is 11.9. The summed E-state index contributed by atoms with van der Waals surface area (Å²) in [6, 6.07) is 9.71. The Labute approximate surface area is 125 Å². The quantitative estimate of drug-likeness (QED) is 0.926. The molecule has 110 valence electrons. The van der Waals surface area contributed by atoms with E-state index in [0.29, 0.717) is 10.7 Å². The van der Waals surface area contributed by atoms with E-state index in [2.05, 4.69) is 5.32 Å². The van der Waals surface area contributed by atoms with E-state index in [1.807, 2.05) is 0 Å². The van der Waals surface area contributed by atoms with Gasteiger partial charge in [-0.2, -0.15) is 0 Å². The minimum absolute atomic E-state index is 0.0719. The molecule has 0 heterocycles. The molecule has 2 aromatic rings. The van der Waals surface area contributed by atoms with Gasteiger partial charge in [0.15, 0.2) is 17.7 Å². The monoisotopic (exact) mass is 311 g/mol. The van der Waals surface area contributed by atoms with E-state index in [9.17, 15) is 13.6 Å². The standard InChI is InChI=1S/C15H12ClF2NO2/c1-9(21-12-5-6-13(17)14(18)8-12)15(20)19-11-4-2-3-10(16)7-11/h2-9H,1H3,(H,19,20). The molecule has 0 saturated carbocycles. The lowest BCUT2D eigenvalue weighted by Crippen LogP contribution is -2.30. The lowest BCUT2D eigenvalue weighted by atomic mass is 10.3. The van der Waals surface area contributed by atoms with Gasteiger partial charge in [-0.3, -0.25) is 4.79 Å². The Morgan fingerprint density at radius 1 is 1.19 bits per heavy atom. The second kappa shape index (κ2) is 6.54. The van der Waals surface area contributed by atoms with Crippen molar-refractivity contribution in [2.75, 3.05) is 5.32 Å². The second-order valence-electron chi connectivity index (χ2n) is 4.34. The van der Waals surface area contributed by atoms with Crippen LogP contribution in [0.4, 0.5) is 14.5 Å². The highest BCUT2D eigenvalue weighted by Crippen LogP contribution is 2.18. The molecular weight excluding hydrogens is 300 g/mol. The van der Waals surface area contributed by atoms with Gasteiger partial charge in [0.05, 0.1) is 0 Å².